The normalized spacial score (nSPS) is 12.0. The summed E-state index contributed by atoms with van der Waals surface area (Å²) in [6, 6.07) is 5.90. The first-order chi connectivity index (χ1) is 8.51. The maximum atomic E-state index is 11.9. The van der Waals surface area contributed by atoms with Gasteiger partial charge in [0.15, 0.2) is 0 Å². The third-order valence-corrected chi connectivity index (χ3v) is 2.24. The topological polar surface area (TPSA) is 21.3 Å². The number of halogens is 3. The van der Waals surface area contributed by atoms with Crippen molar-refractivity contribution in [3.05, 3.63) is 42.0 Å². The van der Waals surface area contributed by atoms with Crippen LogP contribution in [0.25, 0.3) is 0 Å². The van der Waals surface area contributed by atoms with Crippen molar-refractivity contribution in [2.24, 2.45) is 0 Å². The lowest BCUT2D eigenvalue weighted by Crippen LogP contribution is -2.16. The fourth-order valence-electron chi connectivity index (χ4n) is 1.39. The van der Waals surface area contributed by atoms with Crippen LogP contribution in [0.15, 0.2) is 36.4 Å². The van der Waals surface area contributed by atoms with Gasteiger partial charge < -0.3 is 10.1 Å². The van der Waals surface area contributed by atoms with Gasteiger partial charge in [-0.25, -0.2) is 0 Å². The van der Waals surface area contributed by atoms with Crippen molar-refractivity contribution in [2.75, 3.05) is 13.6 Å². The molecule has 0 saturated heterocycles. The Morgan fingerprint density at radius 1 is 1.17 bits per heavy atom. The summed E-state index contributed by atoms with van der Waals surface area (Å²) in [4.78, 5) is 0. The fourth-order valence-corrected chi connectivity index (χ4v) is 1.39. The predicted molar refractivity (Wildman–Crippen MR) is 64.5 cm³/mol. The number of benzene rings is 1. The molecule has 0 amide bonds. The van der Waals surface area contributed by atoms with Gasteiger partial charge in [0.25, 0.3) is 0 Å². The molecule has 1 aromatic carbocycles. The zero-order chi connectivity index (χ0) is 13.4. The zero-order valence-corrected chi connectivity index (χ0v) is 10.1. The summed E-state index contributed by atoms with van der Waals surface area (Å²) in [6.07, 6.45) is 1.05. The van der Waals surface area contributed by atoms with Gasteiger partial charge in [-0.3, -0.25) is 0 Å². The summed E-state index contributed by atoms with van der Waals surface area (Å²) in [6.45, 7) is 0.912. The number of rotatable bonds is 6. The lowest BCUT2D eigenvalue weighted by Gasteiger charge is -2.08. The molecule has 2 nitrogen and oxygen atoms in total. The van der Waals surface area contributed by atoms with Gasteiger partial charge in [0.05, 0.1) is 0 Å². The van der Waals surface area contributed by atoms with Crippen LogP contribution in [0, 0.1) is 0 Å². The Morgan fingerprint density at radius 2 is 1.83 bits per heavy atom. The minimum Gasteiger partial charge on any atom is -0.406 e. The van der Waals surface area contributed by atoms with Gasteiger partial charge in [-0.05, 0) is 44.1 Å². The van der Waals surface area contributed by atoms with E-state index in [1.165, 1.54) is 12.1 Å². The van der Waals surface area contributed by atoms with Crippen LogP contribution < -0.4 is 10.1 Å². The molecule has 0 aliphatic heterocycles. The molecule has 1 N–H and O–H groups in total. The van der Waals surface area contributed by atoms with E-state index in [1.807, 2.05) is 19.2 Å². The summed E-state index contributed by atoms with van der Waals surface area (Å²) >= 11 is 0. The van der Waals surface area contributed by atoms with Crippen LogP contribution in [0.3, 0.4) is 0 Å². The van der Waals surface area contributed by atoms with E-state index in [0.29, 0.717) is 6.42 Å². The second-order valence-electron chi connectivity index (χ2n) is 3.76. The number of nitrogens with one attached hydrogen (secondary N) is 1. The molecular weight excluding hydrogens is 243 g/mol. The molecule has 1 aromatic rings. The second-order valence-corrected chi connectivity index (χ2v) is 3.76. The van der Waals surface area contributed by atoms with Crippen molar-refractivity contribution in [1.82, 2.24) is 5.32 Å². The molecule has 0 saturated carbocycles. The Labute approximate surface area is 104 Å². The lowest BCUT2D eigenvalue weighted by molar-refractivity contribution is -0.274. The first-order valence-corrected chi connectivity index (χ1v) is 5.65. The minimum absolute atomic E-state index is 0.189. The minimum atomic E-state index is -4.63. The molecule has 0 bridgehead atoms. The third-order valence-electron chi connectivity index (χ3n) is 2.24. The highest BCUT2D eigenvalue weighted by Gasteiger charge is 2.30. The van der Waals surface area contributed by atoms with Gasteiger partial charge in [0, 0.05) is 0 Å². The molecule has 0 radical (unpaired) electrons. The Kier molecular flexibility index (Phi) is 5.71. The third kappa shape index (κ3) is 6.30. The molecule has 100 valence electrons. The summed E-state index contributed by atoms with van der Waals surface area (Å²) in [7, 11) is 1.88. The molecule has 18 heavy (non-hydrogen) atoms. The van der Waals surface area contributed by atoms with E-state index in [9.17, 15) is 13.2 Å². The van der Waals surface area contributed by atoms with Crippen LogP contribution in [0.5, 0.6) is 5.75 Å². The standard InChI is InChI=1S/C13H16F3NO/c1-17-10-4-2-3-5-11-6-8-12(9-7-11)18-13(14,15)16/h2-3,6-9,17H,4-5,10H2,1H3. The summed E-state index contributed by atoms with van der Waals surface area (Å²) in [5, 5.41) is 3.02. The first-order valence-electron chi connectivity index (χ1n) is 5.65. The molecule has 0 aliphatic carbocycles. The zero-order valence-electron chi connectivity index (χ0n) is 10.1. The molecule has 0 spiro atoms. The van der Waals surface area contributed by atoms with Gasteiger partial charge in [-0.1, -0.05) is 24.3 Å². The average molecular weight is 259 g/mol. The number of hydrogen-bond donors (Lipinski definition) is 1. The number of allylic oxidation sites excluding steroid dienone is 1. The van der Waals surface area contributed by atoms with Crippen LogP contribution in [-0.2, 0) is 6.42 Å². The van der Waals surface area contributed by atoms with E-state index in [4.69, 9.17) is 0 Å². The van der Waals surface area contributed by atoms with Crippen LogP contribution in [0.4, 0.5) is 13.2 Å². The highest BCUT2D eigenvalue weighted by Crippen LogP contribution is 2.22. The van der Waals surface area contributed by atoms with E-state index < -0.39 is 6.36 Å². The highest BCUT2D eigenvalue weighted by molar-refractivity contribution is 5.28. The van der Waals surface area contributed by atoms with Crippen molar-refractivity contribution >= 4 is 0 Å². The van der Waals surface area contributed by atoms with Gasteiger partial charge >= 0.3 is 6.36 Å². The second kappa shape index (κ2) is 7.06. The van der Waals surface area contributed by atoms with Crippen molar-refractivity contribution in [2.45, 2.75) is 19.2 Å². The number of alkyl halides is 3. The van der Waals surface area contributed by atoms with Crippen LogP contribution in [0.1, 0.15) is 12.0 Å². The number of ether oxygens (including phenoxy) is 1. The van der Waals surface area contributed by atoms with E-state index in [1.54, 1.807) is 12.1 Å². The quantitative estimate of drug-likeness (QED) is 0.625. The maximum Gasteiger partial charge on any atom is 0.573 e. The van der Waals surface area contributed by atoms with E-state index in [0.717, 1.165) is 18.5 Å². The summed E-state index contributed by atoms with van der Waals surface area (Å²) in [5.74, 6) is -0.189. The van der Waals surface area contributed by atoms with Crippen LogP contribution in [-0.4, -0.2) is 20.0 Å². The Balaban J connectivity index is 2.43. The molecule has 0 unspecified atom stereocenters. The number of hydrogen-bond acceptors (Lipinski definition) is 2. The summed E-state index contributed by atoms with van der Waals surface area (Å²) < 4.78 is 39.6. The fraction of sp³-hybridized carbons (Fsp3) is 0.385. The van der Waals surface area contributed by atoms with E-state index in [-0.39, 0.29) is 5.75 Å². The predicted octanol–water partition coefficient (Wildman–Crippen LogP) is 3.29. The van der Waals surface area contributed by atoms with E-state index in [2.05, 4.69) is 10.1 Å². The molecule has 1 rings (SSSR count). The van der Waals surface area contributed by atoms with Gasteiger partial charge in [-0.2, -0.15) is 0 Å². The Morgan fingerprint density at radius 3 is 2.39 bits per heavy atom. The lowest BCUT2D eigenvalue weighted by atomic mass is 10.1. The van der Waals surface area contributed by atoms with Crippen LogP contribution in [0.2, 0.25) is 0 Å². The van der Waals surface area contributed by atoms with Crippen molar-refractivity contribution < 1.29 is 17.9 Å². The molecule has 0 fully saturated rings. The molecule has 0 aromatic heterocycles. The SMILES string of the molecule is CNCCC=CCc1ccc(OC(F)(F)F)cc1. The van der Waals surface area contributed by atoms with Crippen molar-refractivity contribution in [1.29, 1.82) is 0 Å². The molecular formula is C13H16F3NO. The molecule has 0 aliphatic rings. The summed E-state index contributed by atoms with van der Waals surface area (Å²) in [5.41, 5.74) is 0.949. The monoisotopic (exact) mass is 259 g/mol. The van der Waals surface area contributed by atoms with Gasteiger partial charge in [0.2, 0.25) is 0 Å². The highest BCUT2D eigenvalue weighted by atomic mass is 19.4. The van der Waals surface area contributed by atoms with E-state index >= 15 is 0 Å². The van der Waals surface area contributed by atoms with Gasteiger partial charge in [0.1, 0.15) is 5.75 Å². The van der Waals surface area contributed by atoms with Crippen LogP contribution >= 0.6 is 0 Å². The largest absolute Gasteiger partial charge is 0.573 e. The average Bonchev–Trinajstić information content (AvgIpc) is 2.29. The van der Waals surface area contributed by atoms with Crippen molar-refractivity contribution in [3.63, 3.8) is 0 Å². The Bertz CT molecular complexity index is 371. The maximum absolute atomic E-state index is 11.9. The Hall–Kier alpha value is -1.49. The van der Waals surface area contributed by atoms with Crippen molar-refractivity contribution in [3.8, 4) is 5.75 Å². The molecule has 0 heterocycles. The molecule has 0 atom stereocenters. The first kappa shape index (κ1) is 14.6. The molecule has 5 heteroatoms. The van der Waals surface area contributed by atoms with Gasteiger partial charge in [-0.15, -0.1) is 13.2 Å². The smallest absolute Gasteiger partial charge is 0.406 e.